The van der Waals surface area contributed by atoms with Gasteiger partial charge < -0.3 is 9.47 Å². The van der Waals surface area contributed by atoms with E-state index in [1.165, 1.54) is 13.3 Å². The van der Waals surface area contributed by atoms with Crippen LogP contribution in [-0.4, -0.2) is 24.1 Å². The fourth-order valence-electron chi connectivity index (χ4n) is 6.33. The summed E-state index contributed by atoms with van der Waals surface area (Å²) in [5.74, 6) is 1.02. The Morgan fingerprint density at radius 2 is 1.76 bits per heavy atom. The predicted octanol–water partition coefficient (Wildman–Crippen LogP) is 4.65. The Morgan fingerprint density at radius 3 is 2.28 bits per heavy atom. The molecule has 0 N–H and O–H groups in total. The van der Waals surface area contributed by atoms with Crippen molar-refractivity contribution in [2.45, 2.75) is 91.1 Å². The molecule has 4 saturated carbocycles. The molecule has 0 aromatic heterocycles. The summed E-state index contributed by atoms with van der Waals surface area (Å²) in [6, 6.07) is 0. The molecule has 4 nitrogen and oxygen atoms in total. The maximum absolute atomic E-state index is 12.7. The van der Waals surface area contributed by atoms with Crippen LogP contribution in [0.15, 0.2) is 0 Å². The van der Waals surface area contributed by atoms with Crippen molar-refractivity contribution >= 4 is 11.9 Å². The van der Waals surface area contributed by atoms with Gasteiger partial charge in [0.1, 0.15) is 5.60 Å². The van der Waals surface area contributed by atoms with Crippen LogP contribution in [0.25, 0.3) is 0 Å². The van der Waals surface area contributed by atoms with Gasteiger partial charge in [-0.05, 0) is 70.1 Å². The van der Waals surface area contributed by atoms with Crippen molar-refractivity contribution in [2.24, 2.45) is 22.7 Å². The first-order chi connectivity index (χ1) is 11.7. The van der Waals surface area contributed by atoms with E-state index in [4.69, 9.17) is 9.47 Å². The molecule has 3 atom stereocenters. The molecule has 0 aromatic carbocycles. The molecule has 4 bridgehead atoms. The zero-order valence-corrected chi connectivity index (χ0v) is 16.4. The van der Waals surface area contributed by atoms with Crippen LogP contribution < -0.4 is 0 Å². The normalized spacial score (nSPS) is 38.2. The Labute approximate surface area is 152 Å². The lowest BCUT2D eigenvalue weighted by atomic mass is 9.48. The van der Waals surface area contributed by atoms with Crippen molar-refractivity contribution in [2.75, 3.05) is 6.61 Å². The molecule has 0 amide bonds. The minimum atomic E-state index is -0.370. The van der Waals surface area contributed by atoms with E-state index in [0.29, 0.717) is 18.4 Å². The molecule has 4 aliphatic carbocycles. The van der Waals surface area contributed by atoms with E-state index in [2.05, 4.69) is 13.8 Å². The maximum atomic E-state index is 12.7. The Hall–Kier alpha value is -1.06. The molecule has 25 heavy (non-hydrogen) atoms. The van der Waals surface area contributed by atoms with Crippen molar-refractivity contribution in [1.82, 2.24) is 0 Å². The van der Waals surface area contributed by atoms with E-state index < -0.39 is 0 Å². The average molecular weight is 350 g/mol. The molecule has 0 spiro atoms. The third-order valence-corrected chi connectivity index (χ3v) is 7.07. The van der Waals surface area contributed by atoms with Crippen LogP contribution in [0.4, 0.5) is 0 Å². The first-order valence-corrected chi connectivity index (χ1v) is 10.1. The number of hydrogen-bond acceptors (Lipinski definition) is 4. The third kappa shape index (κ3) is 3.59. The van der Waals surface area contributed by atoms with Gasteiger partial charge in [0.25, 0.3) is 0 Å². The number of carbonyl (C=O) groups is 2. The highest BCUT2D eigenvalue weighted by molar-refractivity contribution is 5.76. The summed E-state index contributed by atoms with van der Waals surface area (Å²) in [6.07, 6.45) is 9.05. The molecule has 0 saturated heterocycles. The zero-order valence-electron chi connectivity index (χ0n) is 16.4. The lowest BCUT2D eigenvalue weighted by Gasteiger charge is -2.60. The highest BCUT2D eigenvalue weighted by Gasteiger charge is 2.60. The molecule has 4 rings (SSSR count). The van der Waals surface area contributed by atoms with Crippen molar-refractivity contribution in [3.05, 3.63) is 0 Å². The first kappa shape index (κ1) is 18.7. The van der Waals surface area contributed by atoms with Crippen molar-refractivity contribution in [3.63, 3.8) is 0 Å². The van der Waals surface area contributed by atoms with E-state index in [1.807, 2.05) is 6.92 Å². The summed E-state index contributed by atoms with van der Waals surface area (Å²) in [5, 5.41) is 0. The van der Waals surface area contributed by atoms with Crippen molar-refractivity contribution in [3.8, 4) is 0 Å². The number of rotatable bonds is 7. The fraction of sp³-hybridized carbons (Fsp3) is 0.905. The van der Waals surface area contributed by atoms with Crippen molar-refractivity contribution in [1.29, 1.82) is 0 Å². The van der Waals surface area contributed by atoms with E-state index >= 15 is 0 Å². The quantitative estimate of drug-likeness (QED) is 0.627. The second kappa shape index (κ2) is 6.59. The third-order valence-electron chi connectivity index (χ3n) is 7.07. The first-order valence-electron chi connectivity index (χ1n) is 10.1. The summed E-state index contributed by atoms with van der Waals surface area (Å²) in [7, 11) is 0. The molecular weight excluding hydrogens is 316 g/mol. The largest absolute Gasteiger partial charge is 0.465 e. The SMILES string of the molecule is CCCC(C)(CC)C(=O)OCC12CC3CC(C1)CC(OC(C)=O)(C3)C2. The monoisotopic (exact) mass is 350 g/mol. The van der Waals surface area contributed by atoms with E-state index in [0.717, 1.165) is 51.4 Å². The van der Waals surface area contributed by atoms with Gasteiger partial charge in [-0.3, -0.25) is 9.59 Å². The van der Waals surface area contributed by atoms with Crippen LogP contribution in [0.1, 0.15) is 85.5 Å². The zero-order chi connectivity index (χ0) is 18.3. The maximum Gasteiger partial charge on any atom is 0.311 e. The Kier molecular flexibility index (Phi) is 4.93. The lowest BCUT2D eigenvalue weighted by molar-refractivity contribution is -0.210. The number of ether oxygens (including phenoxy) is 2. The summed E-state index contributed by atoms with van der Waals surface area (Å²) in [6.45, 7) is 8.23. The van der Waals surface area contributed by atoms with Gasteiger partial charge in [-0.1, -0.05) is 20.3 Å². The molecule has 4 aliphatic rings. The Balaban J connectivity index is 1.70. The van der Waals surface area contributed by atoms with Crippen molar-refractivity contribution < 1.29 is 19.1 Å². The van der Waals surface area contributed by atoms with Crippen LogP contribution in [0, 0.1) is 22.7 Å². The van der Waals surface area contributed by atoms with Gasteiger partial charge in [0.05, 0.1) is 12.0 Å². The average Bonchev–Trinajstić information content (AvgIpc) is 2.50. The van der Waals surface area contributed by atoms with Gasteiger partial charge in [-0.15, -0.1) is 0 Å². The number of esters is 2. The summed E-state index contributed by atoms with van der Waals surface area (Å²) < 4.78 is 11.7. The van der Waals surface area contributed by atoms with Gasteiger partial charge in [0, 0.05) is 12.3 Å². The standard InChI is InChI=1S/C21H34O4/c1-5-7-19(4,6-2)18(23)24-14-20-9-16-8-17(10-20)12-21(11-16,13-20)25-15(3)22/h16-17H,5-14H2,1-4H3. The minimum absolute atomic E-state index is 0.0239. The molecule has 0 heterocycles. The van der Waals surface area contributed by atoms with E-state index in [9.17, 15) is 9.59 Å². The van der Waals surface area contributed by atoms with Gasteiger partial charge in [-0.25, -0.2) is 0 Å². The predicted molar refractivity (Wildman–Crippen MR) is 95.9 cm³/mol. The highest BCUT2D eigenvalue weighted by atomic mass is 16.6. The van der Waals surface area contributed by atoms with Crippen LogP contribution >= 0.6 is 0 Å². The van der Waals surface area contributed by atoms with E-state index in [-0.39, 0.29) is 28.4 Å². The highest BCUT2D eigenvalue weighted by Crippen LogP contribution is 2.63. The lowest BCUT2D eigenvalue weighted by Crippen LogP contribution is -2.58. The molecule has 0 radical (unpaired) electrons. The number of carbonyl (C=O) groups excluding carboxylic acids is 2. The van der Waals surface area contributed by atoms with Crippen LogP contribution in [-0.2, 0) is 19.1 Å². The minimum Gasteiger partial charge on any atom is -0.465 e. The molecule has 0 aliphatic heterocycles. The van der Waals surface area contributed by atoms with Gasteiger partial charge in [0.15, 0.2) is 0 Å². The van der Waals surface area contributed by atoms with Gasteiger partial charge in [0.2, 0.25) is 0 Å². The molecule has 142 valence electrons. The van der Waals surface area contributed by atoms with Gasteiger partial charge in [-0.2, -0.15) is 0 Å². The summed E-state index contributed by atoms with van der Waals surface area (Å²) >= 11 is 0. The molecule has 4 fully saturated rings. The van der Waals surface area contributed by atoms with Crippen LogP contribution in [0.2, 0.25) is 0 Å². The molecule has 4 heteroatoms. The van der Waals surface area contributed by atoms with Crippen LogP contribution in [0.5, 0.6) is 0 Å². The molecule has 0 aromatic rings. The Morgan fingerprint density at radius 1 is 1.12 bits per heavy atom. The van der Waals surface area contributed by atoms with E-state index in [1.54, 1.807) is 0 Å². The smallest absolute Gasteiger partial charge is 0.311 e. The van der Waals surface area contributed by atoms with Gasteiger partial charge >= 0.3 is 11.9 Å². The fourth-order valence-corrected chi connectivity index (χ4v) is 6.33. The summed E-state index contributed by atoms with van der Waals surface area (Å²) in [4.78, 5) is 24.4. The number of hydrogen-bond donors (Lipinski definition) is 0. The topological polar surface area (TPSA) is 52.6 Å². The second-order valence-corrected chi connectivity index (χ2v) is 9.48. The summed E-state index contributed by atoms with van der Waals surface area (Å²) in [5.41, 5.74) is -0.638. The Bertz CT molecular complexity index is 526. The van der Waals surface area contributed by atoms with Crippen LogP contribution in [0.3, 0.4) is 0 Å². The molecule has 3 unspecified atom stereocenters. The molecular formula is C21H34O4. The second-order valence-electron chi connectivity index (χ2n) is 9.48.